The van der Waals surface area contributed by atoms with E-state index in [1.807, 2.05) is 23.0 Å². The highest BCUT2D eigenvalue weighted by Gasteiger charge is 2.23. The number of halogens is 1. The zero-order valence-corrected chi connectivity index (χ0v) is 13.0. The van der Waals surface area contributed by atoms with E-state index in [0.29, 0.717) is 0 Å². The SMILES string of the molecule is CCCNC(c1ccco1)c1c(Br)cnn1CCC. The number of furan rings is 1. The fourth-order valence-electron chi connectivity index (χ4n) is 2.13. The molecule has 2 aromatic heterocycles. The van der Waals surface area contributed by atoms with E-state index in [2.05, 4.69) is 40.2 Å². The van der Waals surface area contributed by atoms with Crippen LogP contribution in [0, 0.1) is 0 Å². The van der Waals surface area contributed by atoms with Gasteiger partial charge in [0.2, 0.25) is 0 Å². The molecule has 1 atom stereocenters. The van der Waals surface area contributed by atoms with Crippen LogP contribution in [-0.4, -0.2) is 16.3 Å². The van der Waals surface area contributed by atoms with E-state index in [0.717, 1.165) is 41.9 Å². The van der Waals surface area contributed by atoms with E-state index in [1.165, 1.54) is 0 Å². The standard InChI is InChI=1S/C14H20BrN3O/c1-3-7-16-13(12-6-5-9-19-12)14-11(15)10-17-18(14)8-4-2/h5-6,9-10,13,16H,3-4,7-8H2,1-2H3. The van der Waals surface area contributed by atoms with Crippen LogP contribution in [0.15, 0.2) is 33.5 Å². The number of aryl methyl sites for hydroxylation is 1. The average molecular weight is 326 g/mol. The lowest BCUT2D eigenvalue weighted by Crippen LogP contribution is -2.26. The predicted octanol–water partition coefficient (Wildman–Crippen LogP) is 3.74. The van der Waals surface area contributed by atoms with Crippen LogP contribution >= 0.6 is 15.9 Å². The van der Waals surface area contributed by atoms with Gasteiger partial charge in [0, 0.05) is 6.54 Å². The van der Waals surface area contributed by atoms with Gasteiger partial charge in [0.1, 0.15) is 11.8 Å². The van der Waals surface area contributed by atoms with Gasteiger partial charge in [-0.1, -0.05) is 13.8 Å². The predicted molar refractivity (Wildman–Crippen MR) is 79.1 cm³/mol. The molecule has 0 spiro atoms. The Morgan fingerprint density at radius 3 is 2.89 bits per heavy atom. The minimum absolute atomic E-state index is 0.0402. The summed E-state index contributed by atoms with van der Waals surface area (Å²) in [5.74, 6) is 0.923. The molecule has 0 aliphatic heterocycles. The van der Waals surface area contributed by atoms with Gasteiger partial charge in [-0.2, -0.15) is 5.10 Å². The number of aromatic nitrogens is 2. The number of rotatable bonds is 7. The summed E-state index contributed by atoms with van der Waals surface area (Å²) < 4.78 is 8.64. The summed E-state index contributed by atoms with van der Waals surface area (Å²) in [6.07, 6.45) is 5.70. The molecule has 4 nitrogen and oxygen atoms in total. The van der Waals surface area contributed by atoms with Crippen LogP contribution < -0.4 is 5.32 Å². The molecular weight excluding hydrogens is 306 g/mol. The Morgan fingerprint density at radius 2 is 2.26 bits per heavy atom. The second-order valence-corrected chi connectivity index (χ2v) is 5.36. The van der Waals surface area contributed by atoms with Crippen LogP contribution in [0.1, 0.15) is 44.2 Å². The summed E-state index contributed by atoms with van der Waals surface area (Å²) in [6.45, 7) is 6.16. The third-order valence-electron chi connectivity index (χ3n) is 2.97. The summed E-state index contributed by atoms with van der Waals surface area (Å²) in [7, 11) is 0. The van der Waals surface area contributed by atoms with Gasteiger partial charge >= 0.3 is 0 Å². The molecule has 0 bridgehead atoms. The molecule has 2 aromatic rings. The highest BCUT2D eigenvalue weighted by Crippen LogP contribution is 2.29. The van der Waals surface area contributed by atoms with Gasteiger partial charge < -0.3 is 9.73 Å². The largest absolute Gasteiger partial charge is 0.467 e. The summed E-state index contributed by atoms with van der Waals surface area (Å²) in [5.41, 5.74) is 1.13. The summed E-state index contributed by atoms with van der Waals surface area (Å²) in [5, 5.41) is 7.96. The van der Waals surface area contributed by atoms with Gasteiger partial charge in [-0.15, -0.1) is 0 Å². The lowest BCUT2D eigenvalue weighted by Gasteiger charge is -2.18. The summed E-state index contributed by atoms with van der Waals surface area (Å²) in [4.78, 5) is 0. The van der Waals surface area contributed by atoms with E-state index < -0.39 is 0 Å². The maximum Gasteiger partial charge on any atom is 0.126 e. The van der Waals surface area contributed by atoms with E-state index >= 15 is 0 Å². The van der Waals surface area contributed by atoms with Crippen LogP contribution in [0.25, 0.3) is 0 Å². The van der Waals surface area contributed by atoms with Gasteiger partial charge in [0.15, 0.2) is 0 Å². The first kappa shape index (κ1) is 14.3. The first-order valence-electron chi connectivity index (χ1n) is 6.75. The molecule has 104 valence electrons. The monoisotopic (exact) mass is 325 g/mol. The van der Waals surface area contributed by atoms with Crippen LogP contribution in [0.5, 0.6) is 0 Å². The average Bonchev–Trinajstić information content (AvgIpc) is 3.03. The zero-order chi connectivity index (χ0) is 13.7. The fourth-order valence-corrected chi connectivity index (χ4v) is 2.65. The summed E-state index contributed by atoms with van der Waals surface area (Å²) in [6, 6.07) is 3.96. The van der Waals surface area contributed by atoms with E-state index in [-0.39, 0.29) is 6.04 Å². The highest BCUT2D eigenvalue weighted by molar-refractivity contribution is 9.10. The minimum atomic E-state index is 0.0402. The molecule has 5 heteroatoms. The van der Waals surface area contributed by atoms with Crippen molar-refractivity contribution in [3.05, 3.63) is 40.5 Å². The molecule has 2 rings (SSSR count). The molecule has 0 aliphatic carbocycles. The van der Waals surface area contributed by atoms with Gasteiger partial charge in [0.05, 0.1) is 22.6 Å². The zero-order valence-electron chi connectivity index (χ0n) is 11.4. The van der Waals surface area contributed by atoms with Crippen LogP contribution in [0.3, 0.4) is 0 Å². The maximum absolute atomic E-state index is 5.58. The molecule has 0 aromatic carbocycles. The van der Waals surface area contributed by atoms with Crippen molar-refractivity contribution in [1.82, 2.24) is 15.1 Å². The molecule has 0 radical (unpaired) electrons. The molecule has 0 amide bonds. The fraction of sp³-hybridized carbons (Fsp3) is 0.500. The lowest BCUT2D eigenvalue weighted by atomic mass is 10.1. The summed E-state index contributed by atoms with van der Waals surface area (Å²) >= 11 is 3.60. The third-order valence-corrected chi connectivity index (χ3v) is 3.58. The second kappa shape index (κ2) is 6.91. The first-order valence-corrected chi connectivity index (χ1v) is 7.55. The lowest BCUT2D eigenvalue weighted by molar-refractivity contribution is 0.422. The first-order chi connectivity index (χ1) is 9.27. The molecule has 0 aliphatic rings. The van der Waals surface area contributed by atoms with Crippen molar-refractivity contribution in [3.63, 3.8) is 0 Å². The Kier molecular flexibility index (Phi) is 5.22. The maximum atomic E-state index is 5.58. The quantitative estimate of drug-likeness (QED) is 0.843. The van der Waals surface area contributed by atoms with Crippen molar-refractivity contribution in [2.45, 2.75) is 39.3 Å². The smallest absolute Gasteiger partial charge is 0.126 e. The topological polar surface area (TPSA) is 43.0 Å². The number of nitrogens with one attached hydrogen (secondary N) is 1. The Labute approximate surface area is 122 Å². The van der Waals surface area contributed by atoms with Gasteiger partial charge in [-0.05, 0) is 47.4 Å². The van der Waals surface area contributed by atoms with Crippen molar-refractivity contribution in [2.75, 3.05) is 6.54 Å². The van der Waals surface area contributed by atoms with Crippen molar-refractivity contribution < 1.29 is 4.42 Å². The second-order valence-electron chi connectivity index (χ2n) is 4.50. The van der Waals surface area contributed by atoms with Crippen LogP contribution in [0.4, 0.5) is 0 Å². The Morgan fingerprint density at radius 1 is 1.42 bits per heavy atom. The molecule has 0 saturated heterocycles. The van der Waals surface area contributed by atoms with Crippen molar-refractivity contribution in [1.29, 1.82) is 0 Å². The molecule has 19 heavy (non-hydrogen) atoms. The molecule has 0 saturated carbocycles. The van der Waals surface area contributed by atoms with Crippen LogP contribution in [-0.2, 0) is 6.54 Å². The number of hydrogen-bond acceptors (Lipinski definition) is 3. The van der Waals surface area contributed by atoms with Crippen LogP contribution in [0.2, 0.25) is 0 Å². The normalized spacial score (nSPS) is 12.8. The Bertz CT molecular complexity index is 493. The van der Waals surface area contributed by atoms with Crippen molar-refractivity contribution in [3.8, 4) is 0 Å². The Balaban J connectivity index is 2.34. The van der Waals surface area contributed by atoms with Gasteiger partial charge in [0.25, 0.3) is 0 Å². The van der Waals surface area contributed by atoms with Gasteiger partial charge in [-0.3, -0.25) is 4.68 Å². The van der Waals surface area contributed by atoms with E-state index in [4.69, 9.17) is 4.42 Å². The molecular formula is C14H20BrN3O. The van der Waals surface area contributed by atoms with E-state index in [1.54, 1.807) is 6.26 Å². The number of nitrogens with zero attached hydrogens (tertiary/aromatic N) is 2. The molecule has 2 heterocycles. The third kappa shape index (κ3) is 3.28. The van der Waals surface area contributed by atoms with E-state index in [9.17, 15) is 0 Å². The highest BCUT2D eigenvalue weighted by atomic mass is 79.9. The number of hydrogen-bond donors (Lipinski definition) is 1. The van der Waals surface area contributed by atoms with Crippen molar-refractivity contribution >= 4 is 15.9 Å². The molecule has 1 N–H and O–H groups in total. The molecule has 1 unspecified atom stereocenters. The minimum Gasteiger partial charge on any atom is -0.467 e. The Hall–Kier alpha value is -1.07. The van der Waals surface area contributed by atoms with Crippen molar-refractivity contribution in [2.24, 2.45) is 0 Å². The molecule has 0 fully saturated rings. The van der Waals surface area contributed by atoms with Gasteiger partial charge in [-0.25, -0.2) is 0 Å².